The van der Waals surface area contributed by atoms with Gasteiger partial charge in [0.05, 0.1) is 12.1 Å². The summed E-state index contributed by atoms with van der Waals surface area (Å²) in [4.78, 5) is 4.48. The van der Waals surface area contributed by atoms with Gasteiger partial charge in [-0.3, -0.25) is 4.98 Å². The molecule has 2 aromatic rings. The highest BCUT2D eigenvalue weighted by Crippen LogP contribution is 2.22. The number of hydrogen-bond donors (Lipinski definition) is 1. The third-order valence-electron chi connectivity index (χ3n) is 2.81. The smallest absolute Gasteiger partial charge is 0.0711 e. The minimum absolute atomic E-state index is 0.0718. The number of fused-ring (bicyclic) bond motifs is 1. The lowest BCUT2D eigenvalue weighted by Crippen LogP contribution is -1.93. The first-order valence-electron chi connectivity index (χ1n) is 5.10. The predicted molar refractivity (Wildman–Crippen MR) is 61.9 cm³/mol. The van der Waals surface area contributed by atoms with Crippen LogP contribution in [0, 0.1) is 20.8 Å². The highest BCUT2D eigenvalue weighted by atomic mass is 16.3. The van der Waals surface area contributed by atoms with Crippen molar-refractivity contribution in [3.05, 3.63) is 40.6 Å². The van der Waals surface area contributed by atoms with Crippen LogP contribution in [0.3, 0.4) is 0 Å². The van der Waals surface area contributed by atoms with Gasteiger partial charge in [0.2, 0.25) is 0 Å². The van der Waals surface area contributed by atoms with E-state index in [9.17, 15) is 5.11 Å². The number of nitrogens with zero attached hydrogens (tertiary/aromatic N) is 1. The largest absolute Gasteiger partial charge is 0.392 e. The van der Waals surface area contributed by atoms with Gasteiger partial charge in [-0.15, -0.1) is 0 Å². The Morgan fingerprint density at radius 2 is 1.73 bits per heavy atom. The van der Waals surface area contributed by atoms with Gasteiger partial charge in [0.25, 0.3) is 0 Å². The molecule has 2 heteroatoms. The Bertz CT molecular complexity index is 517. The fraction of sp³-hybridized carbons (Fsp3) is 0.308. The zero-order valence-electron chi connectivity index (χ0n) is 9.33. The van der Waals surface area contributed by atoms with Crippen LogP contribution in [0.15, 0.2) is 18.2 Å². The van der Waals surface area contributed by atoms with Crippen molar-refractivity contribution in [3.8, 4) is 0 Å². The Morgan fingerprint density at radius 1 is 1.07 bits per heavy atom. The van der Waals surface area contributed by atoms with Crippen LogP contribution in [0.25, 0.3) is 10.9 Å². The number of aliphatic hydroxyl groups is 1. The molecule has 2 nitrogen and oxygen atoms in total. The van der Waals surface area contributed by atoms with Crippen LogP contribution in [-0.2, 0) is 6.61 Å². The van der Waals surface area contributed by atoms with Gasteiger partial charge in [-0.2, -0.15) is 0 Å². The Hall–Kier alpha value is -1.41. The van der Waals surface area contributed by atoms with Crippen molar-refractivity contribution < 1.29 is 5.11 Å². The van der Waals surface area contributed by atoms with Gasteiger partial charge >= 0.3 is 0 Å². The van der Waals surface area contributed by atoms with Gasteiger partial charge in [-0.05, 0) is 55.7 Å². The highest BCUT2D eigenvalue weighted by molar-refractivity contribution is 5.83. The fourth-order valence-electron chi connectivity index (χ4n) is 1.83. The molecule has 0 saturated carbocycles. The number of pyridine rings is 1. The monoisotopic (exact) mass is 201 g/mol. The minimum Gasteiger partial charge on any atom is -0.392 e. The normalized spacial score (nSPS) is 10.9. The Balaban J connectivity index is 2.84. The van der Waals surface area contributed by atoms with Gasteiger partial charge in [0.15, 0.2) is 0 Å². The summed E-state index contributed by atoms with van der Waals surface area (Å²) >= 11 is 0. The van der Waals surface area contributed by atoms with Crippen LogP contribution < -0.4 is 0 Å². The van der Waals surface area contributed by atoms with Gasteiger partial charge in [0.1, 0.15) is 0 Å². The third-order valence-corrected chi connectivity index (χ3v) is 2.81. The first-order valence-corrected chi connectivity index (χ1v) is 5.10. The third kappa shape index (κ3) is 1.73. The molecule has 0 aliphatic carbocycles. The SMILES string of the molecule is Cc1cc(CO)c2cc(C)c(C)cc2n1. The molecule has 0 unspecified atom stereocenters. The van der Waals surface area contributed by atoms with Crippen molar-refractivity contribution in [3.63, 3.8) is 0 Å². The quantitative estimate of drug-likeness (QED) is 0.769. The topological polar surface area (TPSA) is 33.1 Å². The second-order valence-corrected chi connectivity index (χ2v) is 4.03. The number of aliphatic hydroxyl groups excluding tert-OH is 1. The van der Waals surface area contributed by atoms with Crippen LogP contribution in [-0.4, -0.2) is 10.1 Å². The van der Waals surface area contributed by atoms with Gasteiger partial charge in [0, 0.05) is 11.1 Å². The van der Waals surface area contributed by atoms with E-state index in [-0.39, 0.29) is 6.61 Å². The van der Waals surface area contributed by atoms with Crippen LogP contribution in [0.5, 0.6) is 0 Å². The molecule has 0 aliphatic heterocycles. The maximum Gasteiger partial charge on any atom is 0.0711 e. The van der Waals surface area contributed by atoms with E-state index in [0.717, 1.165) is 22.2 Å². The highest BCUT2D eigenvalue weighted by Gasteiger charge is 2.05. The molecule has 0 radical (unpaired) electrons. The second kappa shape index (κ2) is 3.63. The summed E-state index contributed by atoms with van der Waals surface area (Å²) in [5, 5.41) is 10.4. The maximum absolute atomic E-state index is 9.29. The molecule has 1 N–H and O–H groups in total. The molecule has 0 amide bonds. The van der Waals surface area contributed by atoms with E-state index in [1.54, 1.807) is 0 Å². The van der Waals surface area contributed by atoms with E-state index in [4.69, 9.17) is 0 Å². The number of benzene rings is 1. The summed E-state index contributed by atoms with van der Waals surface area (Å²) in [6, 6.07) is 6.12. The van der Waals surface area contributed by atoms with E-state index in [0.29, 0.717) is 0 Å². The van der Waals surface area contributed by atoms with E-state index < -0.39 is 0 Å². The molecule has 78 valence electrons. The lowest BCUT2D eigenvalue weighted by molar-refractivity contribution is 0.283. The summed E-state index contributed by atoms with van der Waals surface area (Å²) in [5.74, 6) is 0. The summed E-state index contributed by atoms with van der Waals surface area (Å²) in [7, 11) is 0. The number of aryl methyl sites for hydroxylation is 3. The van der Waals surface area contributed by atoms with Gasteiger partial charge < -0.3 is 5.11 Å². The van der Waals surface area contributed by atoms with Crippen LogP contribution in [0.2, 0.25) is 0 Å². The molecule has 0 saturated heterocycles. The Labute approximate surface area is 89.6 Å². The summed E-state index contributed by atoms with van der Waals surface area (Å²) in [6.07, 6.45) is 0. The molecule has 0 aliphatic rings. The molecule has 1 aromatic carbocycles. The van der Waals surface area contributed by atoms with Crippen molar-refractivity contribution in [1.29, 1.82) is 0 Å². The summed E-state index contributed by atoms with van der Waals surface area (Å²) in [6.45, 7) is 6.18. The average molecular weight is 201 g/mol. The predicted octanol–water partition coefficient (Wildman–Crippen LogP) is 2.65. The molecule has 1 heterocycles. The van der Waals surface area contributed by atoms with Crippen molar-refractivity contribution in [2.24, 2.45) is 0 Å². The molecule has 0 bridgehead atoms. The lowest BCUT2D eigenvalue weighted by Gasteiger charge is -2.08. The van der Waals surface area contributed by atoms with Crippen LogP contribution in [0.1, 0.15) is 22.4 Å². The van der Waals surface area contributed by atoms with Crippen LogP contribution >= 0.6 is 0 Å². The van der Waals surface area contributed by atoms with E-state index in [2.05, 4.69) is 31.0 Å². The van der Waals surface area contributed by atoms with Crippen molar-refractivity contribution in [1.82, 2.24) is 4.98 Å². The summed E-state index contributed by atoms with van der Waals surface area (Å²) < 4.78 is 0. The van der Waals surface area contributed by atoms with E-state index in [1.807, 2.05) is 13.0 Å². The second-order valence-electron chi connectivity index (χ2n) is 4.03. The van der Waals surface area contributed by atoms with Gasteiger partial charge in [-0.1, -0.05) is 0 Å². The van der Waals surface area contributed by atoms with Crippen LogP contribution in [0.4, 0.5) is 0 Å². The zero-order valence-corrected chi connectivity index (χ0v) is 9.33. The minimum atomic E-state index is 0.0718. The average Bonchev–Trinajstić information content (AvgIpc) is 2.19. The molecule has 15 heavy (non-hydrogen) atoms. The Morgan fingerprint density at radius 3 is 2.40 bits per heavy atom. The Kier molecular flexibility index (Phi) is 2.45. The molecular weight excluding hydrogens is 186 g/mol. The lowest BCUT2D eigenvalue weighted by atomic mass is 10.0. The maximum atomic E-state index is 9.29. The van der Waals surface area contributed by atoms with E-state index >= 15 is 0 Å². The first-order chi connectivity index (χ1) is 7.11. The molecule has 0 fully saturated rings. The van der Waals surface area contributed by atoms with E-state index in [1.165, 1.54) is 11.1 Å². The molecule has 2 rings (SSSR count). The number of rotatable bonds is 1. The molecule has 0 spiro atoms. The van der Waals surface area contributed by atoms with Gasteiger partial charge in [-0.25, -0.2) is 0 Å². The standard InChI is InChI=1S/C13H15NO/c1-8-4-12-11(7-15)6-10(3)14-13(12)5-9(8)2/h4-6,15H,7H2,1-3H3. The fourth-order valence-corrected chi connectivity index (χ4v) is 1.83. The molecule has 1 aromatic heterocycles. The summed E-state index contributed by atoms with van der Waals surface area (Å²) in [5.41, 5.74) is 5.37. The van der Waals surface area contributed by atoms with Crippen molar-refractivity contribution in [2.45, 2.75) is 27.4 Å². The molecule has 0 atom stereocenters. The zero-order chi connectivity index (χ0) is 11.0. The first kappa shape index (κ1) is 10.1. The van der Waals surface area contributed by atoms with Crippen molar-refractivity contribution in [2.75, 3.05) is 0 Å². The number of hydrogen-bond acceptors (Lipinski definition) is 2. The number of aromatic nitrogens is 1. The molecular formula is C13H15NO. The van der Waals surface area contributed by atoms with Crippen molar-refractivity contribution >= 4 is 10.9 Å².